The van der Waals surface area contributed by atoms with Gasteiger partial charge < -0.3 is 4.90 Å². The van der Waals surface area contributed by atoms with E-state index >= 15 is 0 Å². The number of benzene rings is 1. The van der Waals surface area contributed by atoms with Gasteiger partial charge in [-0.1, -0.05) is 26.5 Å². The van der Waals surface area contributed by atoms with Gasteiger partial charge in [0.25, 0.3) is 0 Å². The third-order valence-electron chi connectivity index (χ3n) is 5.38. The maximum Gasteiger partial charge on any atom is 0.416 e. The van der Waals surface area contributed by atoms with Crippen LogP contribution in [0, 0.1) is 5.92 Å². The monoisotopic (exact) mass is 477 g/mol. The van der Waals surface area contributed by atoms with Crippen molar-refractivity contribution in [2.24, 2.45) is 5.92 Å². The predicted molar refractivity (Wildman–Crippen MR) is 116 cm³/mol. The molecule has 0 aromatic heterocycles. The molecule has 1 atom stereocenters. The molecule has 32 heavy (non-hydrogen) atoms. The van der Waals surface area contributed by atoms with Gasteiger partial charge in [-0.2, -0.15) is 26.3 Å². The maximum atomic E-state index is 12.9. The number of hydrogen-bond acceptors (Lipinski definition) is 2. The fourth-order valence-corrected chi connectivity index (χ4v) is 4.81. The first kappa shape index (κ1) is 26.1. The molecule has 1 fully saturated rings. The summed E-state index contributed by atoms with van der Waals surface area (Å²) in [6, 6.07) is 4.43. The summed E-state index contributed by atoms with van der Waals surface area (Å²) in [4.78, 5) is 14.6. The molecule has 0 aliphatic carbocycles. The smallest absolute Gasteiger partial charge is 0.312 e. The second-order valence-corrected chi connectivity index (χ2v) is 9.84. The number of halogens is 6. The number of thioether (sulfide) groups is 1. The van der Waals surface area contributed by atoms with Crippen LogP contribution in [-0.2, 0) is 11.0 Å². The Balaban J connectivity index is 2.13. The second kappa shape index (κ2) is 9.77. The van der Waals surface area contributed by atoms with Crippen LogP contribution in [0.5, 0.6) is 0 Å². The van der Waals surface area contributed by atoms with Gasteiger partial charge in [-0.15, -0.1) is 11.8 Å². The van der Waals surface area contributed by atoms with Gasteiger partial charge in [-0.05, 0) is 55.7 Å². The number of carbonyl (C=O) groups excluding carboxylic acids is 1. The van der Waals surface area contributed by atoms with Crippen molar-refractivity contribution in [3.8, 4) is 0 Å². The molecule has 1 saturated heterocycles. The molecule has 2 rings (SSSR count). The van der Waals surface area contributed by atoms with E-state index in [9.17, 15) is 31.1 Å². The third kappa shape index (κ3) is 6.67. The van der Waals surface area contributed by atoms with Crippen molar-refractivity contribution in [3.63, 3.8) is 0 Å². The predicted octanol–water partition coefficient (Wildman–Crippen LogP) is 7.54. The molecule has 1 aliphatic heterocycles. The molecule has 0 spiro atoms. The van der Waals surface area contributed by atoms with Crippen molar-refractivity contribution in [1.82, 2.24) is 0 Å². The molecule has 1 amide bonds. The van der Waals surface area contributed by atoms with Crippen molar-refractivity contribution in [3.05, 3.63) is 65.1 Å². The lowest BCUT2D eigenvalue weighted by Crippen LogP contribution is -2.44. The Morgan fingerprint density at radius 1 is 1.12 bits per heavy atom. The van der Waals surface area contributed by atoms with Crippen molar-refractivity contribution >= 4 is 23.4 Å². The molecule has 0 unspecified atom stereocenters. The van der Waals surface area contributed by atoms with Crippen molar-refractivity contribution in [2.45, 2.75) is 50.7 Å². The number of rotatable bonds is 6. The standard InChI is InChI=1S/C23H25F6NOS/c1-5-6-19(13-15(2)22(24,25)26)32-21(3,4)17-11-12-30(20(31)14-17)18-9-7-16(8-10-18)23(27,28)29/h5-10,13,17H,1,11-12,14H2,2-4H3/b15-13+,19-6+/t17-/m1/s1. The zero-order valence-electron chi connectivity index (χ0n) is 18.0. The Labute approximate surface area is 188 Å². The summed E-state index contributed by atoms with van der Waals surface area (Å²) in [5.74, 6) is -0.357. The summed E-state index contributed by atoms with van der Waals surface area (Å²) >= 11 is 1.24. The molecule has 0 bridgehead atoms. The average Bonchev–Trinajstić information content (AvgIpc) is 2.66. The van der Waals surface area contributed by atoms with Gasteiger partial charge >= 0.3 is 12.4 Å². The highest BCUT2D eigenvalue weighted by atomic mass is 32.2. The lowest BCUT2D eigenvalue weighted by atomic mass is 9.85. The molecule has 0 radical (unpaired) electrons. The number of piperidine rings is 1. The van der Waals surface area contributed by atoms with Gasteiger partial charge in [0, 0.05) is 33.9 Å². The molecule has 9 heteroatoms. The van der Waals surface area contributed by atoms with Crippen LogP contribution in [0.1, 0.15) is 39.2 Å². The second-order valence-electron chi connectivity index (χ2n) is 8.12. The van der Waals surface area contributed by atoms with Crippen molar-refractivity contribution < 1.29 is 31.1 Å². The Hall–Kier alpha value is -2.16. The number of hydrogen-bond donors (Lipinski definition) is 0. The summed E-state index contributed by atoms with van der Waals surface area (Å²) in [7, 11) is 0. The Morgan fingerprint density at radius 2 is 1.72 bits per heavy atom. The number of alkyl halides is 6. The zero-order chi connectivity index (χ0) is 24.3. The van der Waals surface area contributed by atoms with Crippen LogP contribution in [-0.4, -0.2) is 23.4 Å². The van der Waals surface area contributed by atoms with E-state index in [4.69, 9.17) is 0 Å². The molecular formula is C23H25F6NOS. The summed E-state index contributed by atoms with van der Waals surface area (Å²) in [5.41, 5.74) is -1.13. The van der Waals surface area contributed by atoms with Crippen molar-refractivity contribution in [1.29, 1.82) is 0 Å². The van der Waals surface area contributed by atoms with Gasteiger partial charge in [0.05, 0.1) is 5.56 Å². The third-order valence-corrected chi connectivity index (χ3v) is 6.73. The lowest BCUT2D eigenvalue weighted by Gasteiger charge is -2.40. The minimum atomic E-state index is -4.45. The normalized spacial score (nSPS) is 19.3. The van der Waals surface area contributed by atoms with Gasteiger partial charge in [-0.25, -0.2) is 0 Å². The van der Waals surface area contributed by atoms with Crippen molar-refractivity contribution in [2.75, 3.05) is 11.4 Å². The summed E-state index contributed by atoms with van der Waals surface area (Å²) in [5, 5.41) is 0. The fourth-order valence-electron chi connectivity index (χ4n) is 3.44. The fraction of sp³-hybridized carbons (Fsp3) is 0.435. The molecule has 1 aliphatic rings. The molecule has 1 aromatic rings. The highest BCUT2D eigenvalue weighted by Crippen LogP contribution is 2.44. The highest BCUT2D eigenvalue weighted by Gasteiger charge is 2.38. The maximum absolute atomic E-state index is 12.9. The zero-order valence-corrected chi connectivity index (χ0v) is 18.8. The molecular weight excluding hydrogens is 452 g/mol. The molecule has 2 nitrogen and oxygen atoms in total. The lowest BCUT2D eigenvalue weighted by molar-refractivity contribution is -0.137. The van der Waals surface area contributed by atoms with E-state index in [1.54, 1.807) is 0 Å². The van der Waals surface area contributed by atoms with Gasteiger partial charge in [0.2, 0.25) is 5.91 Å². The van der Waals surface area contributed by atoms with E-state index in [0.717, 1.165) is 25.1 Å². The molecule has 176 valence electrons. The Kier molecular flexibility index (Phi) is 7.96. The van der Waals surface area contributed by atoms with E-state index in [-0.39, 0.29) is 18.2 Å². The van der Waals surface area contributed by atoms with Gasteiger partial charge in [0.15, 0.2) is 0 Å². The Morgan fingerprint density at radius 3 is 2.19 bits per heavy atom. The number of carbonyl (C=O) groups is 1. The Bertz CT molecular complexity index is 897. The van der Waals surface area contributed by atoms with Crippen LogP contribution in [0.2, 0.25) is 0 Å². The molecule has 0 saturated carbocycles. The van der Waals surface area contributed by atoms with E-state index in [0.29, 0.717) is 23.6 Å². The number of nitrogens with zero attached hydrogens (tertiary/aromatic N) is 1. The summed E-state index contributed by atoms with van der Waals surface area (Å²) in [6.07, 6.45) is -4.20. The van der Waals surface area contributed by atoms with Crippen LogP contribution >= 0.6 is 11.8 Å². The van der Waals surface area contributed by atoms with E-state index in [2.05, 4.69) is 6.58 Å². The van der Waals surface area contributed by atoms with Crippen LogP contribution in [0.4, 0.5) is 32.0 Å². The van der Waals surface area contributed by atoms with Crippen LogP contribution < -0.4 is 4.90 Å². The SMILES string of the molecule is C=C/C=C(\C=C(/C)C(F)(F)F)SC(C)(C)[C@@H]1CCN(c2ccc(C(F)(F)F)cc2)C(=O)C1. The van der Waals surface area contributed by atoms with Gasteiger partial charge in [0.1, 0.15) is 0 Å². The van der Waals surface area contributed by atoms with E-state index < -0.39 is 28.2 Å². The minimum Gasteiger partial charge on any atom is -0.312 e. The molecule has 1 aromatic carbocycles. The first-order valence-electron chi connectivity index (χ1n) is 9.90. The summed E-state index contributed by atoms with van der Waals surface area (Å²) < 4.78 is 76.6. The number of anilines is 1. The molecule has 1 heterocycles. The van der Waals surface area contributed by atoms with E-state index in [1.807, 2.05) is 13.8 Å². The first-order chi connectivity index (χ1) is 14.6. The molecule has 0 N–H and O–H groups in total. The quantitative estimate of drug-likeness (QED) is 0.312. The minimum absolute atomic E-state index is 0.126. The van der Waals surface area contributed by atoms with Crippen LogP contribution in [0.15, 0.2) is 59.6 Å². The average molecular weight is 478 g/mol. The topological polar surface area (TPSA) is 20.3 Å². The van der Waals surface area contributed by atoms with Crippen LogP contribution in [0.3, 0.4) is 0 Å². The number of allylic oxidation sites excluding steroid dienone is 4. The number of amides is 1. The van der Waals surface area contributed by atoms with Gasteiger partial charge in [-0.3, -0.25) is 4.79 Å². The summed E-state index contributed by atoms with van der Waals surface area (Å²) in [6.45, 7) is 8.61. The largest absolute Gasteiger partial charge is 0.416 e. The first-order valence-corrected chi connectivity index (χ1v) is 10.7. The van der Waals surface area contributed by atoms with E-state index in [1.165, 1.54) is 40.9 Å². The van der Waals surface area contributed by atoms with Crippen LogP contribution in [0.25, 0.3) is 0 Å². The highest BCUT2D eigenvalue weighted by molar-refractivity contribution is 8.04.